The number of hydrogen-bond donors (Lipinski definition) is 2. The van der Waals surface area contributed by atoms with Gasteiger partial charge in [-0.15, -0.1) is 0 Å². The normalized spacial score (nSPS) is 28.9. The van der Waals surface area contributed by atoms with E-state index in [9.17, 15) is 9.90 Å². The van der Waals surface area contributed by atoms with Gasteiger partial charge in [0.1, 0.15) is 0 Å². The second-order valence-electron chi connectivity index (χ2n) is 6.39. The van der Waals surface area contributed by atoms with Crippen LogP contribution in [0.3, 0.4) is 0 Å². The number of nitrogens with one attached hydrogen (secondary N) is 1. The lowest BCUT2D eigenvalue weighted by Crippen LogP contribution is -2.54. The SMILES string of the molecule is O=C1N[C@H](Cc2ccccc2)[C@H](O)[C@H]2[C@@H](Cc3ccccc3)N12. The van der Waals surface area contributed by atoms with E-state index in [0.717, 1.165) is 12.0 Å². The van der Waals surface area contributed by atoms with E-state index in [2.05, 4.69) is 17.4 Å². The maximum atomic E-state index is 12.3. The zero-order chi connectivity index (χ0) is 15.8. The number of fused-ring (bicyclic) bond motifs is 1. The van der Waals surface area contributed by atoms with Gasteiger partial charge in [0.15, 0.2) is 0 Å². The van der Waals surface area contributed by atoms with Crippen LogP contribution in [0.4, 0.5) is 4.79 Å². The molecule has 118 valence electrons. The Morgan fingerprint density at radius 1 is 0.913 bits per heavy atom. The summed E-state index contributed by atoms with van der Waals surface area (Å²) in [6.07, 6.45) is 0.936. The molecule has 0 bridgehead atoms. The number of carbonyl (C=O) groups is 1. The Hall–Kier alpha value is -2.33. The molecule has 0 radical (unpaired) electrons. The number of amides is 2. The van der Waals surface area contributed by atoms with Gasteiger partial charge < -0.3 is 15.3 Å². The van der Waals surface area contributed by atoms with Crippen LogP contribution in [-0.4, -0.2) is 40.3 Å². The molecule has 2 aliphatic heterocycles. The Bertz CT molecular complexity index is 689. The van der Waals surface area contributed by atoms with E-state index in [0.29, 0.717) is 6.42 Å². The third-order valence-electron chi connectivity index (χ3n) is 4.87. The highest BCUT2D eigenvalue weighted by Gasteiger charge is 2.59. The van der Waals surface area contributed by atoms with Gasteiger partial charge in [-0.1, -0.05) is 60.7 Å². The molecule has 4 rings (SSSR count). The van der Waals surface area contributed by atoms with Gasteiger partial charge in [0.25, 0.3) is 0 Å². The van der Waals surface area contributed by atoms with Gasteiger partial charge in [-0.05, 0) is 24.0 Å². The first-order valence-corrected chi connectivity index (χ1v) is 8.09. The summed E-state index contributed by atoms with van der Waals surface area (Å²) >= 11 is 0. The second-order valence-corrected chi connectivity index (χ2v) is 6.39. The van der Waals surface area contributed by atoms with Crippen LogP contribution in [0, 0.1) is 0 Å². The van der Waals surface area contributed by atoms with Crippen LogP contribution >= 0.6 is 0 Å². The van der Waals surface area contributed by atoms with Crippen molar-refractivity contribution in [2.45, 2.75) is 37.1 Å². The Morgan fingerprint density at radius 3 is 2.09 bits per heavy atom. The predicted octanol–water partition coefficient (Wildman–Crippen LogP) is 1.98. The van der Waals surface area contributed by atoms with Crippen LogP contribution in [0.25, 0.3) is 0 Å². The number of nitrogens with zero attached hydrogens (tertiary/aromatic N) is 1. The molecular formula is C19H20N2O2. The van der Waals surface area contributed by atoms with Gasteiger partial charge in [-0.2, -0.15) is 0 Å². The quantitative estimate of drug-likeness (QED) is 0.849. The van der Waals surface area contributed by atoms with Crippen molar-refractivity contribution >= 4 is 6.03 Å². The standard InChI is InChI=1S/C19H20N2O2/c22-18-15(11-13-7-3-1-4-8-13)20-19(23)21-16(17(18)21)12-14-9-5-2-6-10-14/h1-10,15-18,22H,11-12H2,(H,20,23)/t15-,16-,17-,18+,21?/m1/s1. The molecule has 2 fully saturated rings. The summed E-state index contributed by atoms with van der Waals surface area (Å²) in [6.45, 7) is 0. The summed E-state index contributed by atoms with van der Waals surface area (Å²) in [6, 6.07) is 19.9. The van der Waals surface area contributed by atoms with E-state index in [-0.39, 0.29) is 24.2 Å². The van der Waals surface area contributed by atoms with Crippen molar-refractivity contribution in [3.63, 3.8) is 0 Å². The van der Waals surface area contributed by atoms with Gasteiger partial charge >= 0.3 is 6.03 Å². The highest BCUT2D eigenvalue weighted by molar-refractivity contribution is 5.80. The molecule has 0 aliphatic carbocycles. The number of benzene rings is 2. The number of rotatable bonds is 4. The molecule has 2 amide bonds. The summed E-state index contributed by atoms with van der Waals surface area (Å²) in [4.78, 5) is 14.1. The Morgan fingerprint density at radius 2 is 1.48 bits per heavy atom. The predicted molar refractivity (Wildman–Crippen MR) is 88.0 cm³/mol. The van der Waals surface area contributed by atoms with Crippen molar-refractivity contribution in [3.8, 4) is 0 Å². The topological polar surface area (TPSA) is 52.3 Å². The Balaban J connectivity index is 1.46. The van der Waals surface area contributed by atoms with Crippen molar-refractivity contribution in [1.29, 1.82) is 0 Å². The largest absolute Gasteiger partial charge is 0.389 e. The molecule has 0 spiro atoms. The molecular weight excluding hydrogens is 288 g/mol. The van der Waals surface area contributed by atoms with Crippen LogP contribution < -0.4 is 5.32 Å². The number of aliphatic hydroxyl groups is 1. The molecule has 0 saturated carbocycles. The summed E-state index contributed by atoms with van der Waals surface area (Å²) in [5, 5.41) is 13.6. The van der Waals surface area contributed by atoms with Crippen LogP contribution in [-0.2, 0) is 12.8 Å². The zero-order valence-electron chi connectivity index (χ0n) is 12.8. The summed E-state index contributed by atoms with van der Waals surface area (Å²) in [5.41, 5.74) is 2.33. The van der Waals surface area contributed by atoms with Crippen molar-refractivity contribution in [1.82, 2.24) is 10.2 Å². The van der Waals surface area contributed by atoms with E-state index in [1.165, 1.54) is 5.56 Å². The van der Waals surface area contributed by atoms with E-state index in [1.54, 1.807) is 4.90 Å². The highest BCUT2D eigenvalue weighted by atomic mass is 16.3. The van der Waals surface area contributed by atoms with Crippen molar-refractivity contribution in [2.24, 2.45) is 0 Å². The number of carbonyl (C=O) groups excluding carboxylic acids is 1. The first kappa shape index (κ1) is 14.3. The minimum atomic E-state index is -0.526. The second kappa shape index (κ2) is 5.70. The molecule has 2 aromatic carbocycles. The summed E-state index contributed by atoms with van der Waals surface area (Å²) < 4.78 is 0. The molecule has 4 heteroatoms. The molecule has 4 atom stereocenters. The first-order chi connectivity index (χ1) is 11.2. The number of aliphatic hydroxyl groups excluding tert-OH is 1. The third-order valence-corrected chi connectivity index (χ3v) is 4.87. The van der Waals surface area contributed by atoms with E-state index in [4.69, 9.17) is 0 Å². The number of urea groups is 1. The average molecular weight is 308 g/mol. The van der Waals surface area contributed by atoms with Crippen molar-refractivity contribution < 1.29 is 9.90 Å². The van der Waals surface area contributed by atoms with E-state index in [1.807, 2.05) is 48.5 Å². The molecule has 2 aromatic rings. The Labute approximate surface area is 135 Å². The lowest BCUT2D eigenvalue weighted by atomic mass is 9.96. The van der Waals surface area contributed by atoms with Gasteiger partial charge in [-0.3, -0.25) is 0 Å². The van der Waals surface area contributed by atoms with Gasteiger partial charge in [0.2, 0.25) is 0 Å². The fourth-order valence-electron chi connectivity index (χ4n) is 3.65. The van der Waals surface area contributed by atoms with Crippen molar-refractivity contribution in [2.75, 3.05) is 0 Å². The minimum absolute atomic E-state index is 0.0536. The lowest BCUT2D eigenvalue weighted by Gasteiger charge is -2.28. The monoisotopic (exact) mass is 308 g/mol. The lowest BCUT2D eigenvalue weighted by molar-refractivity contribution is 0.0964. The molecule has 4 nitrogen and oxygen atoms in total. The maximum absolute atomic E-state index is 12.3. The fraction of sp³-hybridized carbons (Fsp3) is 0.316. The van der Waals surface area contributed by atoms with E-state index < -0.39 is 6.10 Å². The zero-order valence-corrected chi connectivity index (χ0v) is 12.8. The van der Waals surface area contributed by atoms with Crippen LogP contribution in [0.15, 0.2) is 60.7 Å². The highest BCUT2D eigenvalue weighted by Crippen LogP contribution is 2.38. The smallest absolute Gasteiger partial charge is 0.318 e. The molecule has 23 heavy (non-hydrogen) atoms. The van der Waals surface area contributed by atoms with Gasteiger partial charge in [0, 0.05) is 0 Å². The number of hydrogen-bond acceptors (Lipinski definition) is 2. The minimum Gasteiger partial charge on any atom is -0.389 e. The fourth-order valence-corrected chi connectivity index (χ4v) is 3.65. The molecule has 2 heterocycles. The van der Waals surface area contributed by atoms with Crippen LogP contribution in [0.5, 0.6) is 0 Å². The molecule has 2 aliphatic rings. The first-order valence-electron chi connectivity index (χ1n) is 8.09. The molecule has 0 aromatic heterocycles. The average Bonchev–Trinajstić information content (AvgIpc) is 3.29. The third kappa shape index (κ3) is 2.70. The molecule has 2 saturated heterocycles. The maximum Gasteiger partial charge on any atom is 0.318 e. The van der Waals surface area contributed by atoms with E-state index >= 15 is 0 Å². The molecule has 0 unspecified atom stereocenters. The van der Waals surface area contributed by atoms with Crippen LogP contribution in [0.1, 0.15) is 11.1 Å². The Kier molecular flexibility index (Phi) is 3.54. The van der Waals surface area contributed by atoms with Crippen molar-refractivity contribution in [3.05, 3.63) is 71.8 Å². The summed E-state index contributed by atoms with van der Waals surface area (Å²) in [5.74, 6) is 0. The van der Waals surface area contributed by atoms with Gasteiger partial charge in [-0.25, -0.2) is 4.79 Å². The van der Waals surface area contributed by atoms with Gasteiger partial charge in [0.05, 0.1) is 24.2 Å². The van der Waals surface area contributed by atoms with Crippen LogP contribution in [0.2, 0.25) is 0 Å². The summed E-state index contributed by atoms with van der Waals surface area (Å²) in [7, 11) is 0. The molecule has 2 N–H and O–H groups in total.